The van der Waals surface area contributed by atoms with Crippen molar-refractivity contribution in [3.8, 4) is 0 Å². The molecule has 0 fully saturated rings. The van der Waals surface area contributed by atoms with E-state index in [4.69, 9.17) is 0 Å². The summed E-state index contributed by atoms with van der Waals surface area (Å²) in [4.78, 5) is 22.8. The molecule has 4 nitrogen and oxygen atoms in total. The van der Waals surface area contributed by atoms with E-state index in [1.54, 1.807) is 11.9 Å². The Morgan fingerprint density at radius 2 is 2.23 bits per heavy atom. The Bertz CT molecular complexity index is 201. The summed E-state index contributed by atoms with van der Waals surface area (Å²) in [5, 5.41) is 0. The molecule has 0 unspecified atom stereocenters. The van der Waals surface area contributed by atoms with Gasteiger partial charge in [-0.15, -0.1) is 0 Å². The van der Waals surface area contributed by atoms with Gasteiger partial charge in [-0.2, -0.15) is 0 Å². The van der Waals surface area contributed by atoms with Gasteiger partial charge in [-0.05, 0) is 6.42 Å². The van der Waals surface area contributed by atoms with Gasteiger partial charge < -0.3 is 9.64 Å². The van der Waals surface area contributed by atoms with Crippen LogP contribution in [0.15, 0.2) is 12.2 Å². The van der Waals surface area contributed by atoms with E-state index in [0.717, 1.165) is 6.42 Å². The lowest BCUT2D eigenvalue weighted by Crippen LogP contribution is -2.29. The van der Waals surface area contributed by atoms with Crippen LogP contribution < -0.4 is 0 Å². The van der Waals surface area contributed by atoms with E-state index in [-0.39, 0.29) is 12.5 Å². The summed E-state index contributed by atoms with van der Waals surface area (Å²) in [5.74, 6) is -0.177. The molecule has 0 aliphatic rings. The molecule has 0 heterocycles. The molecular weight excluding hydrogens is 170 g/mol. The van der Waals surface area contributed by atoms with Crippen LogP contribution >= 0.6 is 0 Å². The summed E-state index contributed by atoms with van der Waals surface area (Å²) in [6.45, 7) is 6.45. The predicted octanol–water partition coefficient (Wildman–Crippen LogP) is 0.584. The Hall–Kier alpha value is -1.32. The highest BCUT2D eigenvalue weighted by molar-refractivity contribution is 5.92. The first-order chi connectivity index (χ1) is 6.13. The number of ether oxygens (including phenoxy) is 1. The molecule has 0 N–H and O–H groups in total. The monoisotopic (exact) mass is 185 g/mol. The fourth-order valence-electron chi connectivity index (χ4n) is 0.903. The molecule has 0 saturated heterocycles. The van der Waals surface area contributed by atoms with E-state index in [0.29, 0.717) is 18.6 Å². The molecule has 0 radical (unpaired) electrons. The number of carbonyl (C=O) groups is 2. The molecule has 1 amide bonds. The molecule has 0 saturated carbocycles. The van der Waals surface area contributed by atoms with Gasteiger partial charge in [-0.1, -0.05) is 13.5 Å². The van der Waals surface area contributed by atoms with Crippen molar-refractivity contribution in [3.63, 3.8) is 0 Å². The molecule has 0 aromatic carbocycles. The lowest BCUT2D eigenvalue weighted by atomic mass is 10.3. The summed E-state index contributed by atoms with van der Waals surface area (Å²) < 4.78 is 4.42. The van der Waals surface area contributed by atoms with Crippen molar-refractivity contribution in [1.82, 2.24) is 4.90 Å². The molecule has 0 aliphatic carbocycles. The van der Waals surface area contributed by atoms with Gasteiger partial charge >= 0.3 is 0 Å². The number of likely N-dealkylation sites (N-methyl/N-ethyl adjacent to an activating group) is 1. The van der Waals surface area contributed by atoms with Crippen LogP contribution in [-0.2, 0) is 14.3 Å². The summed E-state index contributed by atoms with van der Waals surface area (Å²) in [5.41, 5.74) is 0.294. The van der Waals surface area contributed by atoms with Crippen molar-refractivity contribution in [3.05, 3.63) is 12.2 Å². The molecule has 0 spiro atoms. The minimum Gasteiger partial charge on any atom is -0.463 e. The minimum atomic E-state index is -0.177. The Morgan fingerprint density at radius 1 is 1.62 bits per heavy atom. The van der Waals surface area contributed by atoms with Gasteiger partial charge in [0.05, 0.1) is 0 Å². The third-order valence-corrected chi connectivity index (χ3v) is 1.53. The third-order valence-electron chi connectivity index (χ3n) is 1.53. The average Bonchev–Trinajstić information content (AvgIpc) is 2.13. The summed E-state index contributed by atoms with van der Waals surface area (Å²) in [6, 6.07) is 0. The standard InChI is InChI=1S/C9H15NO3/c1-4-5-10(3)9(12)8(2)6-13-7-11/h7H,2,4-6H2,1,3H3. The van der Waals surface area contributed by atoms with Crippen LogP contribution in [0.2, 0.25) is 0 Å². The van der Waals surface area contributed by atoms with Crippen LogP contribution in [0, 0.1) is 0 Å². The van der Waals surface area contributed by atoms with Crippen LogP contribution in [0.3, 0.4) is 0 Å². The Labute approximate surface area is 78.2 Å². The molecule has 0 aromatic heterocycles. The van der Waals surface area contributed by atoms with Crippen LogP contribution in [0.25, 0.3) is 0 Å². The van der Waals surface area contributed by atoms with Crippen LogP contribution in [-0.4, -0.2) is 37.5 Å². The van der Waals surface area contributed by atoms with E-state index in [1.807, 2.05) is 6.92 Å². The number of hydrogen-bond donors (Lipinski definition) is 0. The van der Waals surface area contributed by atoms with Gasteiger partial charge in [0.1, 0.15) is 6.61 Å². The van der Waals surface area contributed by atoms with E-state index in [2.05, 4.69) is 11.3 Å². The van der Waals surface area contributed by atoms with Crippen molar-refractivity contribution in [2.24, 2.45) is 0 Å². The minimum absolute atomic E-state index is 0.0314. The average molecular weight is 185 g/mol. The first kappa shape index (κ1) is 11.7. The first-order valence-electron chi connectivity index (χ1n) is 4.12. The lowest BCUT2D eigenvalue weighted by molar-refractivity contribution is -0.130. The smallest absolute Gasteiger partial charge is 0.293 e. The number of carbonyl (C=O) groups excluding carboxylic acids is 2. The molecule has 74 valence electrons. The highest BCUT2D eigenvalue weighted by Crippen LogP contribution is 1.98. The second kappa shape index (κ2) is 6.22. The van der Waals surface area contributed by atoms with Gasteiger partial charge in [-0.25, -0.2) is 0 Å². The van der Waals surface area contributed by atoms with Gasteiger partial charge in [0.25, 0.3) is 12.4 Å². The predicted molar refractivity (Wildman–Crippen MR) is 49.1 cm³/mol. The molecule has 0 aromatic rings. The van der Waals surface area contributed by atoms with Crippen LogP contribution in [0.5, 0.6) is 0 Å². The number of rotatable bonds is 6. The van der Waals surface area contributed by atoms with Gasteiger partial charge in [0.15, 0.2) is 0 Å². The molecule has 0 atom stereocenters. The normalized spacial score (nSPS) is 9.08. The second-order valence-electron chi connectivity index (χ2n) is 2.74. The maximum Gasteiger partial charge on any atom is 0.293 e. The van der Waals surface area contributed by atoms with Gasteiger partial charge in [0.2, 0.25) is 0 Å². The van der Waals surface area contributed by atoms with Crippen molar-refractivity contribution < 1.29 is 14.3 Å². The van der Waals surface area contributed by atoms with Crippen molar-refractivity contribution in [2.75, 3.05) is 20.2 Å². The topological polar surface area (TPSA) is 46.6 Å². The Morgan fingerprint density at radius 3 is 2.69 bits per heavy atom. The fourth-order valence-corrected chi connectivity index (χ4v) is 0.903. The molecule has 0 aliphatic heterocycles. The molecule has 0 rings (SSSR count). The zero-order valence-electron chi connectivity index (χ0n) is 8.08. The van der Waals surface area contributed by atoms with Gasteiger partial charge in [0, 0.05) is 19.2 Å². The maximum atomic E-state index is 11.4. The molecule has 13 heavy (non-hydrogen) atoms. The van der Waals surface area contributed by atoms with E-state index < -0.39 is 0 Å². The zero-order chi connectivity index (χ0) is 10.3. The first-order valence-corrected chi connectivity index (χ1v) is 4.12. The third kappa shape index (κ3) is 4.30. The second-order valence-corrected chi connectivity index (χ2v) is 2.74. The highest BCUT2D eigenvalue weighted by Gasteiger charge is 2.11. The number of amides is 1. The van der Waals surface area contributed by atoms with E-state index in [9.17, 15) is 9.59 Å². The lowest BCUT2D eigenvalue weighted by Gasteiger charge is -2.16. The summed E-state index contributed by atoms with van der Waals surface area (Å²) >= 11 is 0. The molecule has 4 heteroatoms. The quantitative estimate of drug-likeness (QED) is 0.449. The maximum absolute atomic E-state index is 11.4. The number of nitrogens with zero attached hydrogens (tertiary/aromatic N) is 1. The Balaban J connectivity index is 3.94. The summed E-state index contributed by atoms with van der Waals surface area (Å²) in [7, 11) is 1.69. The number of hydrogen-bond acceptors (Lipinski definition) is 3. The van der Waals surface area contributed by atoms with Gasteiger partial charge in [-0.3, -0.25) is 9.59 Å². The van der Waals surface area contributed by atoms with Crippen molar-refractivity contribution >= 4 is 12.4 Å². The largest absolute Gasteiger partial charge is 0.463 e. The highest BCUT2D eigenvalue weighted by atomic mass is 16.5. The molecular formula is C9H15NO3. The van der Waals surface area contributed by atoms with Crippen LogP contribution in [0.1, 0.15) is 13.3 Å². The van der Waals surface area contributed by atoms with Crippen molar-refractivity contribution in [2.45, 2.75) is 13.3 Å². The van der Waals surface area contributed by atoms with Crippen LogP contribution in [0.4, 0.5) is 0 Å². The summed E-state index contributed by atoms with van der Waals surface area (Å²) in [6.07, 6.45) is 0.893. The fraction of sp³-hybridized carbons (Fsp3) is 0.556. The zero-order valence-corrected chi connectivity index (χ0v) is 8.08. The SMILES string of the molecule is C=C(COC=O)C(=O)N(C)CCC. The van der Waals surface area contributed by atoms with Crippen molar-refractivity contribution in [1.29, 1.82) is 0 Å². The molecule has 0 bridgehead atoms. The van der Waals surface area contributed by atoms with E-state index >= 15 is 0 Å². The van der Waals surface area contributed by atoms with E-state index in [1.165, 1.54) is 0 Å². The Kier molecular flexibility index (Phi) is 5.59.